The predicted molar refractivity (Wildman–Crippen MR) is 97.2 cm³/mol. The van der Waals surface area contributed by atoms with Crippen molar-refractivity contribution in [2.75, 3.05) is 25.0 Å². The lowest BCUT2D eigenvalue weighted by molar-refractivity contribution is 0.477. The van der Waals surface area contributed by atoms with E-state index < -0.39 is 13.5 Å². The SMILES string of the molecule is CS[Si](C1CC2CCC1C2)([Si](C)(C)C)S(C)(C)C. The molecule has 0 aliphatic heterocycles. The van der Waals surface area contributed by atoms with Gasteiger partial charge in [0, 0.05) is 0 Å². The summed E-state index contributed by atoms with van der Waals surface area (Å²) in [5.74, 6) is 1.10. The lowest BCUT2D eigenvalue weighted by Gasteiger charge is -2.58. The van der Waals surface area contributed by atoms with Gasteiger partial charge in [0.1, 0.15) is 0 Å². The zero-order valence-corrected chi connectivity index (χ0v) is 17.0. The van der Waals surface area contributed by atoms with Gasteiger partial charge in [-0.15, -0.1) is 0 Å². The molecule has 2 saturated carbocycles. The molecule has 0 nitrogen and oxygen atoms in total. The van der Waals surface area contributed by atoms with E-state index in [1.54, 1.807) is 25.7 Å². The Morgan fingerprint density at radius 3 is 1.89 bits per heavy atom. The molecule has 2 fully saturated rings. The van der Waals surface area contributed by atoms with Crippen LogP contribution in [0.2, 0.25) is 25.2 Å². The third kappa shape index (κ3) is 2.19. The summed E-state index contributed by atoms with van der Waals surface area (Å²) < 4.78 is 0. The Hall–Kier alpha value is 1.13. The van der Waals surface area contributed by atoms with Gasteiger partial charge < -0.3 is 0 Å². The van der Waals surface area contributed by atoms with Gasteiger partial charge in [0.25, 0.3) is 0 Å². The van der Waals surface area contributed by atoms with Gasteiger partial charge in [-0.05, 0) is 55.2 Å². The molecule has 0 aromatic carbocycles. The molecule has 108 valence electrons. The Morgan fingerprint density at radius 2 is 1.61 bits per heavy atom. The molecule has 0 N–H and O–H groups in total. The summed E-state index contributed by atoms with van der Waals surface area (Å²) in [6, 6.07) is 0. The molecule has 2 rings (SSSR count). The van der Waals surface area contributed by atoms with Crippen LogP contribution in [-0.2, 0) is 0 Å². The second-order valence-electron chi connectivity index (χ2n) is 8.24. The molecule has 18 heavy (non-hydrogen) atoms. The van der Waals surface area contributed by atoms with Crippen LogP contribution in [0.25, 0.3) is 0 Å². The summed E-state index contributed by atoms with van der Waals surface area (Å²) in [5, 5.41) is 0. The Morgan fingerprint density at radius 1 is 1.00 bits per heavy atom. The first kappa shape index (κ1) is 15.5. The van der Waals surface area contributed by atoms with Gasteiger partial charge in [-0.2, -0.15) is 11.2 Å². The number of hydrogen-bond donors (Lipinski definition) is 0. The van der Waals surface area contributed by atoms with Crippen LogP contribution in [0.1, 0.15) is 25.7 Å². The molecule has 0 radical (unpaired) electrons. The molecule has 0 amide bonds. The molecular weight excluding hydrogens is 288 g/mol. The fourth-order valence-corrected chi connectivity index (χ4v) is 57.3. The third-order valence-electron chi connectivity index (χ3n) is 5.48. The fourth-order valence-electron chi connectivity index (χ4n) is 5.35. The van der Waals surface area contributed by atoms with Crippen LogP contribution in [0.3, 0.4) is 0 Å². The summed E-state index contributed by atoms with van der Waals surface area (Å²) >= 11 is 2.41. The highest BCUT2D eigenvalue weighted by Gasteiger charge is 2.61. The first-order valence-electron chi connectivity index (χ1n) is 7.36. The van der Waals surface area contributed by atoms with Gasteiger partial charge in [0.15, 0.2) is 5.89 Å². The van der Waals surface area contributed by atoms with Crippen molar-refractivity contribution in [2.45, 2.75) is 50.9 Å². The normalized spacial score (nSPS) is 36.7. The minimum absolute atomic E-state index is 0.377. The van der Waals surface area contributed by atoms with Crippen molar-refractivity contribution in [3.8, 4) is 0 Å². The predicted octanol–water partition coefficient (Wildman–Crippen LogP) is 5.09. The summed E-state index contributed by atoms with van der Waals surface area (Å²) in [6.45, 7) is 8.08. The Bertz CT molecular complexity index is 303. The van der Waals surface area contributed by atoms with E-state index in [-0.39, 0.29) is 9.48 Å². The minimum Gasteiger partial charge on any atom is -0.255 e. The average molecular weight is 321 g/mol. The van der Waals surface area contributed by atoms with Crippen LogP contribution < -0.4 is 0 Å². The lowest BCUT2D eigenvalue weighted by Crippen LogP contribution is -2.61. The number of rotatable bonds is 4. The van der Waals surface area contributed by atoms with Crippen molar-refractivity contribution in [3.05, 3.63) is 0 Å². The molecule has 4 heteroatoms. The molecule has 4 unspecified atom stereocenters. The average Bonchev–Trinajstić information content (AvgIpc) is 2.76. The highest BCUT2D eigenvalue weighted by Crippen LogP contribution is 2.69. The number of hydrogen-bond acceptors (Lipinski definition) is 1. The number of fused-ring (bicyclic) bond motifs is 2. The molecule has 2 bridgehead atoms. The van der Waals surface area contributed by atoms with Gasteiger partial charge in [0.2, 0.25) is 0 Å². The van der Waals surface area contributed by atoms with E-state index >= 15 is 0 Å². The van der Waals surface area contributed by atoms with Crippen LogP contribution in [0.4, 0.5) is 0 Å². The van der Waals surface area contributed by atoms with Crippen molar-refractivity contribution >= 4 is 34.2 Å². The molecule has 0 saturated heterocycles. The van der Waals surface area contributed by atoms with E-state index in [2.05, 4.69) is 55.9 Å². The molecule has 0 spiro atoms. The van der Waals surface area contributed by atoms with Crippen molar-refractivity contribution < 1.29 is 0 Å². The first-order valence-corrected chi connectivity index (χ1v) is 19.5. The molecule has 0 heterocycles. The van der Waals surface area contributed by atoms with E-state index in [0.29, 0.717) is 0 Å². The molecule has 0 aromatic heterocycles. The summed E-state index contributed by atoms with van der Waals surface area (Å²) in [7, 11) is -1.41. The van der Waals surface area contributed by atoms with Crippen LogP contribution in [0.5, 0.6) is 0 Å². The van der Waals surface area contributed by atoms with Gasteiger partial charge >= 0.3 is 0 Å². The second-order valence-corrected chi connectivity index (χ2v) is 37.5. The quantitative estimate of drug-likeness (QED) is 0.650. The third-order valence-corrected chi connectivity index (χ3v) is 52.5. The van der Waals surface area contributed by atoms with Crippen LogP contribution in [0.15, 0.2) is 0 Å². The maximum absolute atomic E-state index is 2.69. The smallest absolute Gasteiger partial charge is 0.151 e. The molecule has 4 atom stereocenters. The maximum Gasteiger partial charge on any atom is 0.151 e. The maximum atomic E-state index is 2.69. The van der Waals surface area contributed by atoms with Gasteiger partial charge in [-0.3, -0.25) is 9.48 Å². The van der Waals surface area contributed by atoms with Crippen molar-refractivity contribution in [2.24, 2.45) is 11.8 Å². The topological polar surface area (TPSA) is 0 Å². The van der Waals surface area contributed by atoms with Crippen LogP contribution in [-0.4, -0.2) is 38.5 Å². The van der Waals surface area contributed by atoms with Gasteiger partial charge in [-0.25, -0.2) is 0 Å². The molecule has 2 aliphatic rings. The fraction of sp³-hybridized carbons (Fsp3) is 1.00. The van der Waals surface area contributed by atoms with E-state index in [0.717, 1.165) is 11.8 Å². The molecular formula is C14H32S2Si2. The monoisotopic (exact) mass is 320 g/mol. The molecule has 0 aromatic rings. The van der Waals surface area contributed by atoms with Crippen molar-refractivity contribution in [1.82, 2.24) is 0 Å². The zero-order valence-electron chi connectivity index (χ0n) is 13.4. The minimum atomic E-state index is -1.15. The largest absolute Gasteiger partial charge is 0.255 e. The molecule has 2 aliphatic carbocycles. The zero-order chi connectivity index (χ0) is 13.8. The lowest BCUT2D eigenvalue weighted by atomic mass is 10.0. The van der Waals surface area contributed by atoms with E-state index in [1.807, 2.05) is 0 Å². The van der Waals surface area contributed by atoms with Crippen LogP contribution in [0, 0.1) is 11.8 Å². The summed E-state index contributed by atoms with van der Waals surface area (Å²) in [5.41, 5.74) is 1.17. The van der Waals surface area contributed by atoms with E-state index in [4.69, 9.17) is 0 Å². The standard InChI is InChI=1S/C14H32S2Si2/c1-15-18(16(2,3)4,17(5,6)7)14-11-12-8-9-13(14)10-12/h12-14H,8-11H2,1-7H3. The Labute approximate surface area is 121 Å². The van der Waals surface area contributed by atoms with Gasteiger partial charge in [-0.1, -0.05) is 32.5 Å². The van der Waals surface area contributed by atoms with Crippen LogP contribution >= 0.6 is 20.7 Å². The highest BCUT2D eigenvalue weighted by atomic mass is 32.6. The summed E-state index contributed by atoms with van der Waals surface area (Å²) in [6.07, 6.45) is 16.8. The van der Waals surface area contributed by atoms with Crippen molar-refractivity contribution in [1.29, 1.82) is 0 Å². The Balaban J connectivity index is 2.42. The van der Waals surface area contributed by atoms with E-state index in [1.165, 1.54) is 5.54 Å². The van der Waals surface area contributed by atoms with E-state index in [9.17, 15) is 0 Å². The Kier molecular flexibility index (Phi) is 4.18. The second kappa shape index (κ2) is 4.85. The first-order chi connectivity index (χ1) is 8.13. The summed E-state index contributed by atoms with van der Waals surface area (Å²) in [4.78, 5) is 0. The highest BCUT2D eigenvalue weighted by molar-refractivity contribution is 8.78. The van der Waals surface area contributed by atoms with Crippen molar-refractivity contribution in [3.63, 3.8) is 0 Å². The van der Waals surface area contributed by atoms with Gasteiger partial charge in [0.05, 0.1) is 7.59 Å².